The van der Waals surface area contributed by atoms with Gasteiger partial charge in [-0.15, -0.1) is 0 Å². The lowest BCUT2D eigenvalue weighted by molar-refractivity contribution is -0.117. The number of amides is 2. The van der Waals surface area contributed by atoms with Gasteiger partial charge >= 0.3 is 0 Å². The number of rotatable bonds is 7. The zero-order valence-electron chi connectivity index (χ0n) is 15.3. The number of nitrogens with zero attached hydrogens (tertiary/aromatic N) is 3. The van der Waals surface area contributed by atoms with Gasteiger partial charge in [-0.25, -0.2) is 9.67 Å². The second-order valence-corrected chi connectivity index (χ2v) is 6.94. The molecule has 2 amide bonds. The molecule has 7 nitrogen and oxygen atoms in total. The summed E-state index contributed by atoms with van der Waals surface area (Å²) in [6.45, 7) is 1.07. The average molecular weight is 375 g/mol. The van der Waals surface area contributed by atoms with Crippen LogP contribution in [0.25, 0.3) is 0 Å². The second-order valence-electron chi connectivity index (χ2n) is 6.94. The van der Waals surface area contributed by atoms with E-state index in [2.05, 4.69) is 20.7 Å². The van der Waals surface area contributed by atoms with E-state index >= 15 is 0 Å². The zero-order chi connectivity index (χ0) is 19.3. The van der Waals surface area contributed by atoms with Crippen LogP contribution < -0.4 is 10.6 Å². The van der Waals surface area contributed by atoms with Crippen LogP contribution in [0.1, 0.15) is 34.3 Å². The number of hydrogen-bond donors (Lipinski definition) is 2. The molecule has 4 rings (SSSR count). The quantitative estimate of drug-likeness (QED) is 0.664. The van der Waals surface area contributed by atoms with E-state index in [1.54, 1.807) is 35.3 Å². The van der Waals surface area contributed by atoms with Crippen LogP contribution in [-0.2, 0) is 17.9 Å². The number of aromatic nitrogens is 3. The normalized spacial score (nSPS) is 13.1. The Balaban J connectivity index is 1.31. The Kier molecular flexibility index (Phi) is 5.14. The maximum atomic E-state index is 12.4. The fraction of sp³-hybridized carbons (Fsp3) is 0.238. The fourth-order valence-corrected chi connectivity index (χ4v) is 2.92. The highest BCUT2D eigenvalue weighted by Gasteiger charge is 2.29. The predicted octanol–water partition coefficient (Wildman–Crippen LogP) is 2.60. The Morgan fingerprint density at radius 1 is 1.07 bits per heavy atom. The molecule has 0 unspecified atom stereocenters. The minimum absolute atomic E-state index is 0.0583. The van der Waals surface area contributed by atoms with Crippen molar-refractivity contribution in [3.05, 3.63) is 77.9 Å². The maximum Gasteiger partial charge on any atom is 0.251 e. The molecule has 2 aromatic carbocycles. The molecular weight excluding hydrogens is 354 g/mol. The molecule has 0 bridgehead atoms. The molecule has 142 valence electrons. The summed E-state index contributed by atoms with van der Waals surface area (Å²) >= 11 is 0. The number of benzene rings is 2. The van der Waals surface area contributed by atoms with E-state index in [-0.39, 0.29) is 17.7 Å². The molecule has 1 aliphatic rings. The molecule has 1 heterocycles. The van der Waals surface area contributed by atoms with Crippen LogP contribution in [-0.4, -0.2) is 26.6 Å². The summed E-state index contributed by atoms with van der Waals surface area (Å²) in [6, 6.07) is 15.0. The van der Waals surface area contributed by atoms with Crippen molar-refractivity contribution < 1.29 is 9.59 Å². The standard InChI is InChI=1S/C21H21N5O2/c27-20(17-6-8-19(9-7-17)25-21(28)18-4-5-18)23-11-15-2-1-3-16(10-15)12-26-14-22-13-24-26/h1-3,6-10,13-14,18H,4-5,11-12H2,(H,23,27)(H,25,28). The minimum atomic E-state index is -0.151. The molecular formula is C21H21N5O2. The SMILES string of the molecule is O=C(NCc1cccc(Cn2cncn2)c1)c1ccc(NC(=O)C2CC2)cc1. The number of carbonyl (C=O) groups excluding carboxylic acids is 2. The molecule has 1 fully saturated rings. The van der Waals surface area contributed by atoms with Crippen molar-refractivity contribution in [3.63, 3.8) is 0 Å². The number of anilines is 1. The number of carbonyl (C=O) groups is 2. The van der Waals surface area contributed by atoms with E-state index in [0.717, 1.165) is 24.0 Å². The molecule has 1 aliphatic carbocycles. The largest absolute Gasteiger partial charge is 0.348 e. The van der Waals surface area contributed by atoms with Crippen LogP contribution in [0.3, 0.4) is 0 Å². The Hall–Kier alpha value is -3.48. The Morgan fingerprint density at radius 3 is 2.57 bits per heavy atom. The van der Waals surface area contributed by atoms with Gasteiger partial charge in [-0.2, -0.15) is 5.10 Å². The molecule has 0 radical (unpaired) electrons. The maximum absolute atomic E-state index is 12.4. The van der Waals surface area contributed by atoms with Gasteiger partial charge in [0, 0.05) is 23.7 Å². The minimum Gasteiger partial charge on any atom is -0.348 e. The highest BCUT2D eigenvalue weighted by molar-refractivity contribution is 5.96. The summed E-state index contributed by atoms with van der Waals surface area (Å²) < 4.78 is 1.75. The third-order valence-electron chi connectivity index (χ3n) is 4.62. The van der Waals surface area contributed by atoms with Crippen LogP contribution in [0, 0.1) is 5.92 Å². The molecule has 0 spiro atoms. The van der Waals surface area contributed by atoms with Gasteiger partial charge in [-0.05, 0) is 48.2 Å². The van der Waals surface area contributed by atoms with Gasteiger partial charge in [0.05, 0.1) is 6.54 Å². The van der Waals surface area contributed by atoms with Gasteiger partial charge < -0.3 is 10.6 Å². The monoisotopic (exact) mass is 375 g/mol. The lowest BCUT2D eigenvalue weighted by Gasteiger charge is -2.09. The first-order chi connectivity index (χ1) is 13.7. The van der Waals surface area contributed by atoms with E-state index in [0.29, 0.717) is 24.3 Å². The summed E-state index contributed by atoms with van der Waals surface area (Å²) in [5, 5.41) is 9.90. The molecule has 1 aromatic heterocycles. The summed E-state index contributed by atoms with van der Waals surface area (Å²) in [5.41, 5.74) is 3.38. The Labute approximate surface area is 162 Å². The first-order valence-corrected chi connectivity index (χ1v) is 9.27. The van der Waals surface area contributed by atoms with Gasteiger partial charge in [0.15, 0.2) is 0 Å². The van der Waals surface area contributed by atoms with Crippen molar-refractivity contribution in [1.82, 2.24) is 20.1 Å². The smallest absolute Gasteiger partial charge is 0.251 e. The van der Waals surface area contributed by atoms with E-state index in [4.69, 9.17) is 0 Å². The highest BCUT2D eigenvalue weighted by Crippen LogP contribution is 2.30. The molecule has 0 saturated heterocycles. The topological polar surface area (TPSA) is 88.9 Å². The molecule has 2 N–H and O–H groups in total. The van der Waals surface area contributed by atoms with Gasteiger partial charge in [0.25, 0.3) is 5.91 Å². The lowest BCUT2D eigenvalue weighted by atomic mass is 10.1. The van der Waals surface area contributed by atoms with E-state index in [1.807, 2.05) is 24.3 Å². The first-order valence-electron chi connectivity index (χ1n) is 9.27. The third-order valence-corrected chi connectivity index (χ3v) is 4.62. The van der Waals surface area contributed by atoms with Crippen molar-refractivity contribution >= 4 is 17.5 Å². The van der Waals surface area contributed by atoms with E-state index in [9.17, 15) is 9.59 Å². The van der Waals surface area contributed by atoms with Crippen molar-refractivity contribution in [3.8, 4) is 0 Å². The second kappa shape index (κ2) is 8.04. The molecule has 7 heteroatoms. The van der Waals surface area contributed by atoms with Crippen molar-refractivity contribution in [1.29, 1.82) is 0 Å². The van der Waals surface area contributed by atoms with Gasteiger partial charge in [-0.3, -0.25) is 9.59 Å². The fourth-order valence-electron chi connectivity index (χ4n) is 2.92. The number of nitrogens with one attached hydrogen (secondary N) is 2. The average Bonchev–Trinajstić information content (AvgIpc) is 3.45. The van der Waals surface area contributed by atoms with Crippen molar-refractivity contribution in [2.45, 2.75) is 25.9 Å². The third kappa shape index (κ3) is 4.62. The molecule has 28 heavy (non-hydrogen) atoms. The summed E-state index contributed by atoms with van der Waals surface area (Å²) in [7, 11) is 0. The van der Waals surface area contributed by atoms with Crippen LogP contribution in [0.2, 0.25) is 0 Å². The molecule has 1 saturated carbocycles. The molecule has 0 aliphatic heterocycles. The van der Waals surface area contributed by atoms with Crippen LogP contribution in [0.4, 0.5) is 5.69 Å². The summed E-state index contributed by atoms with van der Waals surface area (Å²) in [6.07, 6.45) is 5.11. The predicted molar refractivity (Wildman–Crippen MR) is 105 cm³/mol. The van der Waals surface area contributed by atoms with Crippen LogP contribution in [0.5, 0.6) is 0 Å². The summed E-state index contributed by atoms with van der Waals surface area (Å²) in [5.74, 6) is 0.0630. The highest BCUT2D eigenvalue weighted by atomic mass is 16.2. The Bertz CT molecular complexity index is 963. The van der Waals surface area contributed by atoms with Gasteiger partial charge in [0.2, 0.25) is 5.91 Å². The van der Waals surface area contributed by atoms with Crippen LogP contribution in [0.15, 0.2) is 61.2 Å². The number of hydrogen-bond acceptors (Lipinski definition) is 4. The van der Waals surface area contributed by atoms with Crippen molar-refractivity contribution in [2.75, 3.05) is 5.32 Å². The zero-order valence-corrected chi connectivity index (χ0v) is 15.3. The van der Waals surface area contributed by atoms with E-state index in [1.165, 1.54) is 6.33 Å². The molecule has 0 atom stereocenters. The summed E-state index contributed by atoms with van der Waals surface area (Å²) in [4.78, 5) is 28.1. The van der Waals surface area contributed by atoms with Gasteiger partial charge in [-0.1, -0.05) is 24.3 Å². The first kappa shape index (κ1) is 17.9. The lowest BCUT2D eigenvalue weighted by Crippen LogP contribution is -2.23. The van der Waals surface area contributed by atoms with Crippen molar-refractivity contribution in [2.24, 2.45) is 5.92 Å². The molecule has 3 aromatic rings. The Morgan fingerprint density at radius 2 is 1.86 bits per heavy atom. The van der Waals surface area contributed by atoms with E-state index < -0.39 is 0 Å². The van der Waals surface area contributed by atoms with Gasteiger partial charge in [0.1, 0.15) is 12.7 Å². The van der Waals surface area contributed by atoms with Crippen LogP contribution >= 0.6 is 0 Å².